The van der Waals surface area contributed by atoms with Crippen LogP contribution in [0, 0.1) is 0 Å². The molecule has 24 heavy (non-hydrogen) atoms. The molecular weight excluding hydrogens is 383 g/mol. The molecule has 3 nitrogen and oxygen atoms in total. The number of benzene rings is 1. The first kappa shape index (κ1) is 17.0. The number of rotatable bonds is 1. The van der Waals surface area contributed by atoms with Crippen LogP contribution in [0.1, 0.15) is 32.2 Å². The fraction of sp³-hybridized carbons (Fsp3) is 0.294. The fourth-order valence-electron chi connectivity index (χ4n) is 2.32. The van der Waals surface area contributed by atoms with Crippen LogP contribution in [-0.2, 0) is 11.6 Å². The Balaban J connectivity index is 2.26. The zero-order valence-electron chi connectivity index (χ0n) is 13.3. The highest BCUT2D eigenvalue weighted by atomic mass is 79.9. The maximum absolute atomic E-state index is 13.5. The largest absolute Gasteiger partial charge is 0.433 e. The molecule has 0 aliphatic rings. The first-order chi connectivity index (χ1) is 11.1. The minimum atomic E-state index is -4.51. The molecule has 3 aromatic rings. The molecule has 0 aliphatic carbocycles. The average Bonchev–Trinajstić information content (AvgIpc) is 2.88. The summed E-state index contributed by atoms with van der Waals surface area (Å²) in [6.07, 6.45) is -4.51. The second kappa shape index (κ2) is 5.58. The van der Waals surface area contributed by atoms with Crippen molar-refractivity contribution in [2.75, 3.05) is 0 Å². The summed E-state index contributed by atoms with van der Waals surface area (Å²) in [7, 11) is 0. The third kappa shape index (κ3) is 3.17. The molecule has 0 atom stereocenters. The first-order valence-corrected chi connectivity index (χ1v) is 8.09. The van der Waals surface area contributed by atoms with Gasteiger partial charge in [-0.3, -0.25) is 0 Å². The number of fused-ring (bicyclic) bond motifs is 1. The molecule has 7 heteroatoms. The van der Waals surface area contributed by atoms with Crippen molar-refractivity contribution in [2.24, 2.45) is 0 Å². The van der Waals surface area contributed by atoms with Crippen LogP contribution in [0.2, 0.25) is 0 Å². The van der Waals surface area contributed by atoms with Crippen molar-refractivity contribution in [3.63, 3.8) is 0 Å². The van der Waals surface area contributed by atoms with Crippen LogP contribution < -0.4 is 0 Å². The summed E-state index contributed by atoms with van der Waals surface area (Å²) in [4.78, 5) is 4.38. The van der Waals surface area contributed by atoms with Gasteiger partial charge in [-0.1, -0.05) is 48.8 Å². The smallest absolute Gasteiger partial charge is 0.233 e. The Morgan fingerprint density at radius 3 is 2.17 bits per heavy atom. The van der Waals surface area contributed by atoms with Gasteiger partial charge in [0.05, 0.1) is 11.4 Å². The Hall–Kier alpha value is -1.89. The van der Waals surface area contributed by atoms with Gasteiger partial charge in [0.25, 0.3) is 0 Å². The van der Waals surface area contributed by atoms with E-state index in [9.17, 15) is 13.2 Å². The van der Waals surface area contributed by atoms with Crippen molar-refractivity contribution in [3.05, 3.63) is 52.3 Å². The van der Waals surface area contributed by atoms with Crippen molar-refractivity contribution < 1.29 is 13.2 Å². The van der Waals surface area contributed by atoms with Crippen LogP contribution in [0.5, 0.6) is 0 Å². The summed E-state index contributed by atoms with van der Waals surface area (Å²) in [6, 6.07) is 9.88. The molecule has 2 aromatic heterocycles. The van der Waals surface area contributed by atoms with Gasteiger partial charge in [-0.2, -0.15) is 18.3 Å². The van der Waals surface area contributed by atoms with E-state index in [-0.39, 0.29) is 5.65 Å². The normalized spacial score (nSPS) is 12.8. The fourth-order valence-corrected chi connectivity index (χ4v) is 2.59. The molecule has 0 amide bonds. The van der Waals surface area contributed by atoms with E-state index in [0.717, 1.165) is 20.6 Å². The summed E-state index contributed by atoms with van der Waals surface area (Å²) in [5.41, 5.74) is 0.433. The second-order valence-corrected chi connectivity index (χ2v) is 7.50. The van der Waals surface area contributed by atoms with Crippen molar-refractivity contribution in [3.8, 4) is 11.3 Å². The highest BCUT2D eigenvalue weighted by Gasteiger charge is 2.36. The van der Waals surface area contributed by atoms with Crippen LogP contribution in [0.25, 0.3) is 16.9 Å². The van der Waals surface area contributed by atoms with Crippen molar-refractivity contribution >= 4 is 21.6 Å². The minimum Gasteiger partial charge on any atom is -0.233 e. The molecule has 0 N–H and O–H groups in total. The van der Waals surface area contributed by atoms with Gasteiger partial charge in [0, 0.05) is 21.5 Å². The lowest BCUT2D eigenvalue weighted by Gasteiger charge is -2.19. The van der Waals surface area contributed by atoms with Gasteiger partial charge in [0.2, 0.25) is 0 Å². The average molecular weight is 398 g/mol. The van der Waals surface area contributed by atoms with E-state index in [1.165, 1.54) is 0 Å². The predicted molar refractivity (Wildman–Crippen MR) is 89.8 cm³/mol. The minimum absolute atomic E-state index is 0.188. The zero-order chi connectivity index (χ0) is 17.7. The molecule has 0 bridgehead atoms. The summed E-state index contributed by atoms with van der Waals surface area (Å²) in [5, 5.41) is 4.12. The van der Waals surface area contributed by atoms with Gasteiger partial charge in [-0.15, -0.1) is 0 Å². The van der Waals surface area contributed by atoms with E-state index in [1.54, 1.807) is 18.2 Å². The van der Waals surface area contributed by atoms with Crippen molar-refractivity contribution in [1.82, 2.24) is 14.6 Å². The Morgan fingerprint density at radius 2 is 1.62 bits per heavy atom. The molecule has 0 radical (unpaired) electrons. The maximum atomic E-state index is 13.5. The van der Waals surface area contributed by atoms with Gasteiger partial charge in [0.15, 0.2) is 5.65 Å². The highest BCUT2D eigenvalue weighted by molar-refractivity contribution is 9.10. The zero-order valence-corrected chi connectivity index (χ0v) is 14.9. The lowest BCUT2D eigenvalue weighted by Crippen LogP contribution is -2.19. The topological polar surface area (TPSA) is 30.2 Å². The second-order valence-electron chi connectivity index (χ2n) is 6.58. The number of halogens is 4. The monoisotopic (exact) mass is 397 g/mol. The lowest BCUT2D eigenvalue weighted by atomic mass is 9.91. The number of hydrogen-bond acceptors (Lipinski definition) is 2. The van der Waals surface area contributed by atoms with Crippen LogP contribution in [0.3, 0.4) is 0 Å². The summed E-state index contributed by atoms with van der Waals surface area (Å²) in [5.74, 6) is 0. The molecule has 0 aliphatic heterocycles. The maximum Gasteiger partial charge on any atom is 0.433 e. The summed E-state index contributed by atoms with van der Waals surface area (Å²) in [6.45, 7) is 5.49. The van der Waals surface area contributed by atoms with Gasteiger partial charge < -0.3 is 0 Å². The van der Waals surface area contributed by atoms with Gasteiger partial charge in [-0.05, 0) is 18.2 Å². The molecule has 0 spiro atoms. The SMILES string of the molecule is CC(C)(C)c1cc(C(F)(F)F)n2nc(-c3ccc(Br)cc3)cc2n1. The van der Waals surface area contributed by atoms with Crippen LogP contribution in [0.4, 0.5) is 13.2 Å². The first-order valence-electron chi connectivity index (χ1n) is 7.30. The Labute approximate surface area is 145 Å². The molecule has 0 fully saturated rings. The van der Waals surface area contributed by atoms with E-state index in [1.807, 2.05) is 32.9 Å². The van der Waals surface area contributed by atoms with Gasteiger partial charge >= 0.3 is 6.18 Å². The quantitative estimate of drug-likeness (QED) is 0.544. The molecule has 126 valence electrons. The van der Waals surface area contributed by atoms with Gasteiger partial charge in [0.1, 0.15) is 5.69 Å². The molecule has 0 unspecified atom stereocenters. The number of aromatic nitrogens is 3. The number of alkyl halides is 3. The van der Waals surface area contributed by atoms with Crippen LogP contribution >= 0.6 is 15.9 Å². The highest BCUT2D eigenvalue weighted by Crippen LogP contribution is 2.33. The van der Waals surface area contributed by atoms with Crippen molar-refractivity contribution in [2.45, 2.75) is 32.4 Å². The van der Waals surface area contributed by atoms with Crippen LogP contribution in [-0.4, -0.2) is 14.6 Å². The number of nitrogens with zero attached hydrogens (tertiary/aromatic N) is 3. The van der Waals surface area contributed by atoms with E-state index in [2.05, 4.69) is 26.0 Å². The number of hydrogen-bond donors (Lipinski definition) is 0. The van der Waals surface area contributed by atoms with Gasteiger partial charge in [-0.25, -0.2) is 9.50 Å². The van der Waals surface area contributed by atoms with E-state index >= 15 is 0 Å². The lowest BCUT2D eigenvalue weighted by molar-refractivity contribution is -0.142. The van der Waals surface area contributed by atoms with Crippen LogP contribution in [0.15, 0.2) is 40.9 Å². The molecule has 0 saturated heterocycles. The third-order valence-electron chi connectivity index (χ3n) is 3.63. The summed E-state index contributed by atoms with van der Waals surface area (Å²) >= 11 is 3.34. The van der Waals surface area contributed by atoms with E-state index < -0.39 is 17.3 Å². The molecular formula is C17H15BrF3N3. The predicted octanol–water partition coefficient (Wildman–Crippen LogP) is 5.48. The Bertz CT molecular complexity index is 890. The standard InChI is InChI=1S/C17H15BrF3N3/c1-16(2,3)13-9-14(17(19,20)21)24-15(22-13)8-12(23-24)10-4-6-11(18)7-5-10/h4-9H,1-3H3. The van der Waals surface area contributed by atoms with Crippen molar-refractivity contribution in [1.29, 1.82) is 0 Å². The molecule has 2 heterocycles. The Morgan fingerprint density at radius 1 is 1.00 bits per heavy atom. The Kier molecular flexibility index (Phi) is 3.94. The molecule has 1 aromatic carbocycles. The summed E-state index contributed by atoms with van der Waals surface area (Å²) < 4.78 is 42.1. The molecule has 0 saturated carbocycles. The van der Waals surface area contributed by atoms with E-state index in [4.69, 9.17) is 0 Å². The van der Waals surface area contributed by atoms with E-state index in [0.29, 0.717) is 11.4 Å². The molecule has 3 rings (SSSR count). The third-order valence-corrected chi connectivity index (χ3v) is 4.15.